The minimum atomic E-state index is -0.430. The van der Waals surface area contributed by atoms with Crippen LogP contribution in [0.15, 0.2) is 0 Å². The Hall–Kier alpha value is -1.30. The summed E-state index contributed by atoms with van der Waals surface area (Å²) >= 11 is 0. The molecule has 6 nitrogen and oxygen atoms in total. The van der Waals surface area contributed by atoms with Gasteiger partial charge in [0.25, 0.3) is 0 Å². The van der Waals surface area contributed by atoms with Crippen LogP contribution < -0.4 is 10.6 Å². The molecular formula is C16H32N4O2. The van der Waals surface area contributed by atoms with Crippen LogP contribution in [0.1, 0.15) is 47.5 Å². The molecule has 1 saturated heterocycles. The predicted octanol–water partition coefficient (Wildman–Crippen LogP) is 1.42. The van der Waals surface area contributed by atoms with E-state index in [0.717, 1.165) is 39.1 Å². The molecule has 1 aliphatic rings. The van der Waals surface area contributed by atoms with E-state index in [-0.39, 0.29) is 17.5 Å². The average Bonchev–Trinajstić information content (AvgIpc) is 2.44. The predicted molar refractivity (Wildman–Crippen MR) is 88.8 cm³/mol. The molecule has 0 aromatic carbocycles. The highest BCUT2D eigenvalue weighted by molar-refractivity contribution is 5.87. The summed E-state index contributed by atoms with van der Waals surface area (Å²) in [6.45, 7) is 14.3. The van der Waals surface area contributed by atoms with Gasteiger partial charge < -0.3 is 20.4 Å². The zero-order chi connectivity index (χ0) is 16.8. The van der Waals surface area contributed by atoms with Crippen LogP contribution in [0, 0.1) is 0 Å². The van der Waals surface area contributed by atoms with Crippen LogP contribution in [0.4, 0.5) is 4.79 Å². The van der Waals surface area contributed by atoms with Crippen molar-refractivity contribution in [2.24, 2.45) is 0 Å². The molecule has 1 fully saturated rings. The largest absolute Gasteiger partial charge is 0.338 e. The molecule has 22 heavy (non-hydrogen) atoms. The van der Waals surface area contributed by atoms with Crippen LogP contribution in [0.25, 0.3) is 0 Å². The van der Waals surface area contributed by atoms with E-state index < -0.39 is 6.04 Å². The van der Waals surface area contributed by atoms with E-state index in [2.05, 4.69) is 22.5 Å². The highest BCUT2D eigenvalue weighted by Crippen LogP contribution is 2.08. The lowest BCUT2D eigenvalue weighted by Gasteiger charge is -2.36. The van der Waals surface area contributed by atoms with Crippen LogP contribution >= 0.6 is 0 Å². The number of rotatable bonds is 5. The number of carbonyl (C=O) groups excluding carboxylic acids is 2. The van der Waals surface area contributed by atoms with Gasteiger partial charge in [0.2, 0.25) is 5.91 Å². The average molecular weight is 312 g/mol. The maximum atomic E-state index is 12.6. The van der Waals surface area contributed by atoms with Gasteiger partial charge in [0.15, 0.2) is 0 Å². The Morgan fingerprint density at radius 2 is 1.68 bits per heavy atom. The fourth-order valence-corrected chi connectivity index (χ4v) is 2.59. The van der Waals surface area contributed by atoms with E-state index in [0.29, 0.717) is 6.42 Å². The second-order valence-corrected chi connectivity index (χ2v) is 6.95. The fourth-order valence-electron chi connectivity index (χ4n) is 2.59. The van der Waals surface area contributed by atoms with Crippen LogP contribution in [0.2, 0.25) is 0 Å². The zero-order valence-corrected chi connectivity index (χ0v) is 14.7. The van der Waals surface area contributed by atoms with Gasteiger partial charge in [-0.05, 0) is 33.7 Å². The van der Waals surface area contributed by atoms with Crippen LogP contribution in [0.3, 0.4) is 0 Å². The molecule has 1 aliphatic heterocycles. The molecule has 2 N–H and O–H groups in total. The standard InChI is InChI=1S/C16H32N4O2/c1-6-8-13(17-15(22)18-16(3,4)5)14(21)20-11-9-19(7-2)10-12-20/h13H,6-12H2,1-5H3,(H2,17,18,22). The highest BCUT2D eigenvalue weighted by Gasteiger charge is 2.28. The van der Waals surface area contributed by atoms with Crippen molar-refractivity contribution in [1.29, 1.82) is 0 Å². The number of urea groups is 1. The van der Waals surface area contributed by atoms with Gasteiger partial charge in [0.05, 0.1) is 0 Å². The summed E-state index contributed by atoms with van der Waals surface area (Å²) in [5.74, 6) is 0.0432. The lowest BCUT2D eigenvalue weighted by molar-refractivity contribution is -0.135. The number of likely N-dealkylation sites (N-methyl/N-ethyl adjacent to an activating group) is 1. The minimum Gasteiger partial charge on any atom is -0.338 e. The third-order valence-electron chi connectivity index (χ3n) is 3.80. The van der Waals surface area contributed by atoms with Gasteiger partial charge in [-0.2, -0.15) is 0 Å². The maximum Gasteiger partial charge on any atom is 0.315 e. The first-order valence-corrected chi connectivity index (χ1v) is 8.36. The van der Waals surface area contributed by atoms with E-state index >= 15 is 0 Å². The van der Waals surface area contributed by atoms with E-state index in [9.17, 15) is 9.59 Å². The first-order chi connectivity index (χ1) is 10.3. The molecule has 1 atom stereocenters. The summed E-state index contributed by atoms with van der Waals surface area (Å²) in [6.07, 6.45) is 1.53. The summed E-state index contributed by atoms with van der Waals surface area (Å²) in [4.78, 5) is 28.9. The van der Waals surface area contributed by atoms with Crippen molar-refractivity contribution >= 4 is 11.9 Å². The molecule has 0 saturated carbocycles. The Morgan fingerprint density at radius 1 is 1.09 bits per heavy atom. The van der Waals surface area contributed by atoms with E-state index in [1.165, 1.54) is 0 Å². The first-order valence-electron chi connectivity index (χ1n) is 8.36. The second-order valence-electron chi connectivity index (χ2n) is 6.95. The van der Waals surface area contributed by atoms with E-state index in [1.54, 1.807) is 0 Å². The van der Waals surface area contributed by atoms with Crippen LogP contribution in [-0.4, -0.2) is 66.0 Å². The smallest absolute Gasteiger partial charge is 0.315 e. The number of amides is 3. The molecule has 6 heteroatoms. The Labute approximate surface area is 134 Å². The normalized spacial score (nSPS) is 18.0. The van der Waals surface area contributed by atoms with Gasteiger partial charge >= 0.3 is 6.03 Å². The fraction of sp³-hybridized carbons (Fsp3) is 0.875. The van der Waals surface area contributed by atoms with Crippen molar-refractivity contribution in [3.63, 3.8) is 0 Å². The molecule has 0 aromatic heterocycles. The molecule has 1 rings (SSSR count). The number of nitrogens with one attached hydrogen (secondary N) is 2. The maximum absolute atomic E-state index is 12.6. The van der Waals surface area contributed by atoms with Crippen molar-refractivity contribution in [2.45, 2.75) is 59.0 Å². The Morgan fingerprint density at radius 3 is 2.14 bits per heavy atom. The van der Waals surface area contributed by atoms with Crippen molar-refractivity contribution in [1.82, 2.24) is 20.4 Å². The Kier molecular flexibility index (Phi) is 7.13. The molecule has 0 bridgehead atoms. The van der Waals surface area contributed by atoms with E-state index in [4.69, 9.17) is 0 Å². The summed E-state index contributed by atoms with van der Waals surface area (Å²) in [7, 11) is 0. The Balaban J connectivity index is 2.58. The summed E-state index contributed by atoms with van der Waals surface area (Å²) in [5.41, 5.74) is -0.309. The minimum absolute atomic E-state index is 0.0432. The van der Waals surface area contributed by atoms with Gasteiger partial charge in [0.1, 0.15) is 6.04 Å². The first kappa shape index (κ1) is 18.7. The number of hydrogen-bond acceptors (Lipinski definition) is 3. The molecule has 3 amide bonds. The summed E-state index contributed by atoms with van der Waals surface area (Å²) < 4.78 is 0. The summed E-state index contributed by atoms with van der Waals surface area (Å²) in [5, 5.41) is 5.69. The molecule has 0 aromatic rings. The molecule has 0 radical (unpaired) electrons. The monoisotopic (exact) mass is 312 g/mol. The topological polar surface area (TPSA) is 64.7 Å². The van der Waals surface area contributed by atoms with Gasteiger partial charge in [-0.1, -0.05) is 20.3 Å². The number of hydrogen-bond donors (Lipinski definition) is 2. The van der Waals surface area contributed by atoms with Gasteiger partial charge in [-0.25, -0.2) is 4.79 Å². The number of carbonyl (C=O) groups is 2. The lowest BCUT2D eigenvalue weighted by atomic mass is 10.1. The highest BCUT2D eigenvalue weighted by atomic mass is 16.2. The molecule has 128 valence electrons. The van der Waals surface area contributed by atoms with E-state index in [1.807, 2.05) is 32.6 Å². The molecule has 0 aliphatic carbocycles. The molecule has 1 heterocycles. The number of piperazine rings is 1. The van der Waals surface area contributed by atoms with Crippen LogP contribution in [0.5, 0.6) is 0 Å². The zero-order valence-electron chi connectivity index (χ0n) is 14.7. The SMILES string of the molecule is CCCC(NC(=O)NC(C)(C)C)C(=O)N1CCN(CC)CC1. The van der Waals surface area contributed by atoms with Crippen LogP contribution in [-0.2, 0) is 4.79 Å². The van der Waals surface area contributed by atoms with Crippen molar-refractivity contribution in [3.05, 3.63) is 0 Å². The third-order valence-corrected chi connectivity index (χ3v) is 3.80. The van der Waals surface area contributed by atoms with Crippen molar-refractivity contribution in [3.8, 4) is 0 Å². The lowest BCUT2D eigenvalue weighted by Crippen LogP contribution is -2.57. The third kappa shape index (κ3) is 6.22. The summed E-state index contributed by atoms with van der Waals surface area (Å²) in [6, 6.07) is -0.702. The molecule has 1 unspecified atom stereocenters. The van der Waals surface area contributed by atoms with Gasteiger partial charge in [-0.3, -0.25) is 4.79 Å². The quantitative estimate of drug-likeness (QED) is 0.807. The van der Waals surface area contributed by atoms with Crippen molar-refractivity contribution in [2.75, 3.05) is 32.7 Å². The second kappa shape index (κ2) is 8.36. The number of nitrogens with zero attached hydrogens (tertiary/aromatic N) is 2. The molecular weight excluding hydrogens is 280 g/mol. The van der Waals surface area contributed by atoms with Crippen molar-refractivity contribution < 1.29 is 9.59 Å². The van der Waals surface area contributed by atoms with Gasteiger partial charge in [0, 0.05) is 31.7 Å². The molecule has 0 spiro atoms. The van der Waals surface area contributed by atoms with Gasteiger partial charge in [-0.15, -0.1) is 0 Å². The Bertz CT molecular complexity index is 371.